The normalized spacial score (nSPS) is 10.1. The van der Waals surface area contributed by atoms with Crippen molar-refractivity contribution in [1.29, 1.82) is 0 Å². The average Bonchev–Trinajstić information content (AvgIpc) is 2.20. The number of nitrogens with zero attached hydrogens (tertiary/aromatic N) is 1. The Bertz CT molecular complexity index is 434. The first-order valence-corrected chi connectivity index (χ1v) is 3.84. The molecule has 0 fully saturated rings. The van der Waals surface area contributed by atoms with Gasteiger partial charge in [-0.15, -0.1) is 0 Å². The monoisotopic (exact) mass is 216 g/mol. The number of ketones is 1. The SMILES string of the molecule is NCC(=O)c1cc(F)c(F)c([N+](=O)[O-])c1. The predicted octanol–water partition coefficient (Wildman–Crippen LogP) is 1.01. The standard InChI is InChI=1S/C8H6F2N2O3/c9-5-1-4(7(13)3-11)2-6(8(5)10)12(14)15/h1-2H,3,11H2. The van der Waals surface area contributed by atoms with E-state index >= 15 is 0 Å². The Morgan fingerprint density at radius 1 is 1.47 bits per heavy atom. The summed E-state index contributed by atoms with van der Waals surface area (Å²) in [7, 11) is 0. The third kappa shape index (κ3) is 2.13. The molecule has 0 aliphatic rings. The highest BCUT2D eigenvalue weighted by Crippen LogP contribution is 2.21. The highest BCUT2D eigenvalue weighted by molar-refractivity contribution is 5.98. The van der Waals surface area contributed by atoms with Gasteiger partial charge in [0.1, 0.15) is 0 Å². The number of carbonyl (C=O) groups excluding carboxylic acids is 1. The number of carbonyl (C=O) groups is 1. The first-order chi connectivity index (χ1) is 6.97. The molecule has 5 nitrogen and oxygen atoms in total. The predicted molar refractivity (Wildman–Crippen MR) is 46.4 cm³/mol. The van der Waals surface area contributed by atoms with E-state index in [0.29, 0.717) is 12.1 Å². The van der Waals surface area contributed by atoms with Crippen LogP contribution in [0.5, 0.6) is 0 Å². The zero-order valence-corrected chi connectivity index (χ0v) is 7.37. The van der Waals surface area contributed by atoms with Crippen LogP contribution in [-0.4, -0.2) is 17.3 Å². The number of benzene rings is 1. The molecule has 0 unspecified atom stereocenters. The number of rotatable bonds is 3. The molecular weight excluding hydrogens is 210 g/mol. The summed E-state index contributed by atoms with van der Waals surface area (Å²) in [6.45, 7) is -0.428. The summed E-state index contributed by atoms with van der Waals surface area (Å²) in [5, 5.41) is 10.3. The van der Waals surface area contributed by atoms with Crippen molar-refractivity contribution in [3.8, 4) is 0 Å². The Morgan fingerprint density at radius 2 is 2.07 bits per heavy atom. The van der Waals surface area contributed by atoms with Crippen molar-refractivity contribution in [3.05, 3.63) is 39.4 Å². The van der Waals surface area contributed by atoms with E-state index in [0.717, 1.165) is 0 Å². The van der Waals surface area contributed by atoms with Crippen LogP contribution >= 0.6 is 0 Å². The van der Waals surface area contributed by atoms with Gasteiger partial charge in [-0.3, -0.25) is 14.9 Å². The maximum atomic E-state index is 12.8. The summed E-state index contributed by atoms with van der Waals surface area (Å²) >= 11 is 0. The quantitative estimate of drug-likeness (QED) is 0.464. The smallest absolute Gasteiger partial charge is 0.308 e. The van der Waals surface area contributed by atoms with E-state index < -0.39 is 34.6 Å². The van der Waals surface area contributed by atoms with Gasteiger partial charge < -0.3 is 5.73 Å². The molecule has 0 saturated carbocycles. The zero-order chi connectivity index (χ0) is 11.6. The van der Waals surface area contributed by atoms with Crippen molar-refractivity contribution in [1.82, 2.24) is 0 Å². The molecule has 0 radical (unpaired) electrons. The molecule has 0 bridgehead atoms. The molecule has 0 heterocycles. The van der Waals surface area contributed by atoms with Gasteiger partial charge in [-0.2, -0.15) is 4.39 Å². The van der Waals surface area contributed by atoms with Crippen molar-refractivity contribution >= 4 is 11.5 Å². The molecule has 0 amide bonds. The largest absolute Gasteiger partial charge is 0.324 e. The van der Waals surface area contributed by atoms with Gasteiger partial charge in [0.2, 0.25) is 5.82 Å². The summed E-state index contributed by atoms with van der Waals surface area (Å²) in [4.78, 5) is 20.2. The topological polar surface area (TPSA) is 86.2 Å². The number of halogens is 2. The maximum Gasteiger partial charge on any atom is 0.308 e. The second kappa shape index (κ2) is 4.09. The molecule has 0 atom stereocenters. The Labute approximate surface area is 82.6 Å². The fraction of sp³-hybridized carbons (Fsp3) is 0.125. The molecule has 0 aliphatic carbocycles. The number of nitro benzene ring substituents is 1. The molecule has 1 aromatic rings. The van der Waals surface area contributed by atoms with Crippen LogP contribution in [0.25, 0.3) is 0 Å². The Morgan fingerprint density at radius 3 is 2.53 bits per heavy atom. The second-order valence-electron chi connectivity index (χ2n) is 2.68. The molecule has 0 aliphatic heterocycles. The third-order valence-electron chi connectivity index (χ3n) is 1.71. The van der Waals surface area contributed by atoms with Crippen LogP contribution in [0.1, 0.15) is 10.4 Å². The first kappa shape index (κ1) is 11.2. The van der Waals surface area contributed by atoms with Crippen molar-refractivity contribution in [2.45, 2.75) is 0 Å². The van der Waals surface area contributed by atoms with E-state index in [1.165, 1.54) is 0 Å². The van der Waals surface area contributed by atoms with E-state index in [2.05, 4.69) is 0 Å². The van der Waals surface area contributed by atoms with E-state index in [1.54, 1.807) is 0 Å². The lowest BCUT2D eigenvalue weighted by atomic mass is 10.1. The molecule has 15 heavy (non-hydrogen) atoms. The number of hydrogen-bond acceptors (Lipinski definition) is 4. The summed E-state index contributed by atoms with van der Waals surface area (Å²) in [5.41, 5.74) is 3.59. The van der Waals surface area contributed by atoms with Crippen molar-refractivity contribution in [2.24, 2.45) is 5.73 Å². The Kier molecular flexibility index (Phi) is 3.05. The van der Waals surface area contributed by atoms with Crippen LogP contribution in [0.2, 0.25) is 0 Å². The van der Waals surface area contributed by atoms with E-state index in [-0.39, 0.29) is 5.56 Å². The molecule has 7 heteroatoms. The van der Waals surface area contributed by atoms with Crippen LogP contribution in [0.3, 0.4) is 0 Å². The minimum Gasteiger partial charge on any atom is -0.324 e. The van der Waals surface area contributed by atoms with Gasteiger partial charge in [0.15, 0.2) is 11.6 Å². The summed E-state index contributed by atoms with van der Waals surface area (Å²) < 4.78 is 25.7. The summed E-state index contributed by atoms with van der Waals surface area (Å²) in [6, 6.07) is 1.24. The lowest BCUT2D eigenvalue weighted by Gasteiger charge is -2.00. The summed E-state index contributed by atoms with van der Waals surface area (Å²) in [6.07, 6.45) is 0. The number of Topliss-reactive ketones (excluding diaryl/α,β-unsaturated/α-hetero) is 1. The molecule has 80 valence electrons. The highest BCUT2D eigenvalue weighted by Gasteiger charge is 2.21. The molecule has 1 aromatic carbocycles. The van der Waals surface area contributed by atoms with Crippen molar-refractivity contribution in [3.63, 3.8) is 0 Å². The molecule has 0 spiro atoms. The van der Waals surface area contributed by atoms with Crippen LogP contribution in [0, 0.1) is 21.7 Å². The van der Waals surface area contributed by atoms with Gasteiger partial charge in [0, 0.05) is 11.6 Å². The molecule has 0 aromatic heterocycles. The summed E-state index contributed by atoms with van der Waals surface area (Å²) in [5.74, 6) is -3.73. The lowest BCUT2D eigenvalue weighted by Crippen LogP contribution is -2.14. The van der Waals surface area contributed by atoms with E-state index in [9.17, 15) is 23.7 Å². The Hall–Kier alpha value is -1.89. The third-order valence-corrected chi connectivity index (χ3v) is 1.71. The minimum atomic E-state index is -1.59. The van der Waals surface area contributed by atoms with Crippen LogP contribution in [0.15, 0.2) is 12.1 Å². The molecular formula is C8H6F2N2O3. The number of nitro groups is 1. The molecule has 2 N–H and O–H groups in total. The fourth-order valence-corrected chi connectivity index (χ4v) is 0.986. The van der Waals surface area contributed by atoms with Gasteiger partial charge in [-0.25, -0.2) is 4.39 Å². The maximum absolute atomic E-state index is 12.8. The van der Waals surface area contributed by atoms with E-state index in [1.807, 2.05) is 0 Å². The molecule has 0 saturated heterocycles. The van der Waals surface area contributed by atoms with Crippen molar-refractivity contribution in [2.75, 3.05) is 6.54 Å². The Balaban J connectivity index is 3.35. The second-order valence-corrected chi connectivity index (χ2v) is 2.68. The number of hydrogen-bond donors (Lipinski definition) is 1. The van der Waals surface area contributed by atoms with Crippen LogP contribution in [0.4, 0.5) is 14.5 Å². The van der Waals surface area contributed by atoms with Crippen molar-refractivity contribution < 1.29 is 18.5 Å². The number of nitrogens with two attached hydrogens (primary N) is 1. The van der Waals surface area contributed by atoms with Gasteiger partial charge in [0.25, 0.3) is 0 Å². The first-order valence-electron chi connectivity index (χ1n) is 3.84. The van der Waals surface area contributed by atoms with Gasteiger partial charge >= 0.3 is 5.69 Å². The highest BCUT2D eigenvalue weighted by atomic mass is 19.2. The van der Waals surface area contributed by atoms with Gasteiger partial charge in [-0.05, 0) is 6.07 Å². The minimum absolute atomic E-state index is 0.317. The van der Waals surface area contributed by atoms with Gasteiger partial charge in [0.05, 0.1) is 11.5 Å². The van der Waals surface area contributed by atoms with Gasteiger partial charge in [-0.1, -0.05) is 0 Å². The van der Waals surface area contributed by atoms with E-state index in [4.69, 9.17) is 5.73 Å². The lowest BCUT2D eigenvalue weighted by molar-refractivity contribution is -0.387. The average molecular weight is 216 g/mol. The fourth-order valence-electron chi connectivity index (χ4n) is 0.986. The molecule has 1 rings (SSSR count). The van der Waals surface area contributed by atoms with Crippen LogP contribution in [-0.2, 0) is 0 Å². The van der Waals surface area contributed by atoms with Crippen LogP contribution < -0.4 is 5.73 Å². The zero-order valence-electron chi connectivity index (χ0n) is 7.37.